The maximum Gasteiger partial charge on any atom is 0.229 e. The smallest absolute Gasteiger partial charge is 0.229 e. The number of carbonyl (C=O) groups is 1. The van der Waals surface area contributed by atoms with Gasteiger partial charge in [-0.3, -0.25) is 4.79 Å². The lowest BCUT2D eigenvalue weighted by Crippen LogP contribution is -2.35. The Hall–Kier alpha value is -2.75. The molecule has 0 bridgehead atoms. The number of aryl methyl sites for hydroxylation is 1. The number of amides is 1. The summed E-state index contributed by atoms with van der Waals surface area (Å²) in [6.07, 6.45) is 5.51. The molecule has 0 saturated carbocycles. The molecule has 4 heteroatoms. The monoisotopic (exact) mass is 364 g/mol. The number of benzene rings is 2. The number of para-hydroxylation sites is 2. The van der Waals surface area contributed by atoms with Crippen LogP contribution < -0.4 is 15.0 Å². The summed E-state index contributed by atoms with van der Waals surface area (Å²) < 4.78 is 6.06. The second kappa shape index (κ2) is 8.76. The zero-order chi connectivity index (χ0) is 19.2. The Labute approximate surface area is 161 Å². The van der Waals surface area contributed by atoms with Gasteiger partial charge in [-0.15, -0.1) is 0 Å². The van der Waals surface area contributed by atoms with Gasteiger partial charge in [0.15, 0.2) is 0 Å². The van der Waals surface area contributed by atoms with Crippen LogP contribution in [0.5, 0.6) is 5.75 Å². The number of hydrogen-bond donors (Lipinski definition) is 1. The van der Waals surface area contributed by atoms with Gasteiger partial charge >= 0.3 is 0 Å². The van der Waals surface area contributed by atoms with Crippen LogP contribution >= 0.6 is 0 Å². The number of ether oxygens (including phenoxy) is 1. The van der Waals surface area contributed by atoms with Crippen molar-refractivity contribution in [2.24, 2.45) is 0 Å². The molecule has 1 heterocycles. The van der Waals surface area contributed by atoms with Crippen LogP contribution in [0.15, 0.2) is 48.5 Å². The third-order valence-corrected chi connectivity index (χ3v) is 4.78. The number of carbonyl (C=O) groups excluding carboxylic acids is 1. The maximum atomic E-state index is 12.7. The molecule has 0 radical (unpaired) electrons. The minimum Gasteiger partial charge on any atom is -0.491 e. The highest BCUT2D eigenvalue weighted by Crippen LogP contribution is 2.30. The first-order chi connectivity index (χ1) is 13.1. The molecule has 0 spiro atoms. The Balaban J connectivity index is 1.72. The fourth-order valence-corrected chi connectivity index (χ4v) is 3.46. The molecule has 0 aliphatic carbocycles. The summed E-state index contributed by atoms with van der Waals surface area (Å²) >= 11 is 0. The van der Waals surface area contributed by atoms with E-state index in [9.17, 15) is 4.79 Å². The normalized spacial score (nSPS) is 16.8. The summed E-state index contributed by atoms with van der Waals surface area (Å²) in [6.45, 7) is 7.17. The first-order valence-corrected chi connectivity index (χ1v) is 9.66. The standard InChI is InChI=1S/C23H28N2O2/c1-4-8-18-11-12-22(19(5-2)16-18)27-14-13-25-21-10-7-6-9-20(21)24-17(3)15-23(25)26/h4,6-12,16-17,24H,5,13-15H2,1-3H3/b8-4+. The summed E-state index contributed by atoms with van der Waals surface area (Å²) in [4.78, 5) is 14.5. The minimum atomic E-state index is 0.121. The highest BCUT2D eigenvalue weighted by molar-refractivity contribution is 5.98. The van der Waals surface area contributed by atoms with Gasteiger partial charge in [0.25, 0.3) is 0 Å². The van der Waals surface area contributed by atoms with E-state index in [1.54, 1.807) is 0 Å². The van der Waals surface area contributed by atoms with E-state index in [1.165, 1.54) is 11.1 Å². The zero-order valence-electron chi connectivity index (χ0n) is 16.4. The Morgan fingerprint density at radius 1 is 1.26 bits per heavy atom. The topological polar surface area (TPSA) is 41.6 Å². The molecule has 142 valence electrons. The molecule has 2 aromatic carbocycles. The summed E-state index contributed by atoms with van der Waals surface area (Å²) in [5.74, 6) is 1.02. The van der Waals surface area contributed by atoms with Crippen LogP contribution in [0.25, 0.3) is 6.08 Å². The van der Waals surface area contributed by atoms with Gasteiger partial charge in [-0.05, 0) is 55.7 Å². The fraction of sp³-hybridized carbons (Fsp3) is 0.348. The van der Waals surface area contributed by atoms with Gasteiger partial charge in [0.2, 0.25) is 5.91 Å². The molecule has 4 nitrogen and oxygen atoms in total. The number of allylic oxidation sites excluding steroid dienone is 1. The molecule has 1 aliphatic rings. The zero-order valence-corrected chi connectivity index (χ0v) is 16.4. The molecule has 2 aromatic rings. The van der Waals surface area contributed by atoms with Crippen molar-refractivity contribution in [1.82, 2.24) is 0 Å². The number of anilines is 2. The van der Waals surface area contributed by atoms with Crippen LogP contribution in [0.1, 0.15) is 38.3 Å². The number of nitrogens with zero attached hydrogens (tertiary/aromatic N) is 1. The van der Waals surface area contributed by atoms with Gasteiger partial charge < -0.3 is 15.0 Å². The number of rotatable bonds is 6. The molecule has 1 aliphatic heterocycles. The number of fused-ring (bicyclic) bond motifs is 1. The lowest BCUT2D eigenvalue weighted by molar-refractivity contribution is -0.118. The van der Waals surface area contributed by atoms with Crippen molar-refractivity contribution < 1.29 is 9.53 Å². The van der Waals surface area contributed by atoms with Crippen molar-refractivity contribution in [3.63, 3.8) is 0 Å². The van der Waals surface area contributed by atoms with Crippen molar-refractivity contribution in [3.05, 3.63) is 59.7 Å². The maximum absolute atomic E-state index is 12.7. The van der Waals surface area contributed by atoms with Crippen LogP contribution in [0.4, 0.5) is 11.4 Å². The van der Waals surface area contributed by atoms with E-state index in [4.69, 9.17) is 4.74 Å². The van der Waals surface area contributed by atoms with Crippen molar-refractivity contribution in [2.75, 3.05) is 23.4 Å². The predicted molar refractivity (Wildman–Crippen MR) is 113 cm³/mol. The van der Waals surface area contributed by atoms with Crippen molar-refractivity contribution in [3.8, 4) is 5.75 Å². The van der Waals surface area contributed by atoms with Crippen LogP contribution in [0.2, 0.25) is 0 Å². The van der Waals surface area contributed by atoms with Crippen LogP contribution in [-0.2, 0) is 11.2 Å². The van der Waals surface area contributed by atoms with E-state index in [-0.39, 0.29) is 11.9 Å². The summed E-state index contributed by atoms with van der Waals surface area (Å²) in [7, 11) is 0. The van der Waals surface area contributed by atoms with Crippen molar-refractivity contribution in [2.45, 2.75) is 39.7 Å². The highest BCUT2D eigenvalue weighted by atomic mass is 16.5. The average Bonchev–Trinajstić information content (AvgIpc) is 2.78. The largest absolute Gasteiger partial charge is 0.491 e. The van der Waals surface area contributed by atoms with E-state index in [1.807, 2.05) is 55.2 Å². The Kier molecular flexibility index (Phi) is 6.17. The van der Waals surface area contributed by atoms with E-state index < -0.39 is 0 Å². The predicted octanol–water partition coefficient (Wildman–Crippen LogP) is 4.90. The van der Waals surface area contributed by atoms with Gasteiger partial charge in [0.1, 0.15) is 12.4 Å². The van der Waals surface area contributed by atoms with Crippen LogP contribution in [-0.4, -0.2) is 25.1 Å². The van der Waals surface area contributed by atoms with Crippen molar-refractivity contribution >= 4 is 23.4 Å². The summed E-state index contributed by atoms with van der Waals surface area (Å²) in [6, 6.07) is 14.3. The molecule has 1 amide bonds. The molecule has 3 rings (SSSR count). The lowest BCUT2D eigenvalue weighted by Gasteiger charge is -2.23. The summed E-state index contributed by atoms with van der Waals surface area (Å²) in [5.41, 5.74) is 4.29. The van der Waals surface area contributed by atoms with Gasteiger partial charge in [-0.25, -0.2) is 0 Å². The van der Waals surface area contributed by atoms with Crippen LogP contribution in [0, 0.1) is 0 Å². The van der Waals surface area contributed by atoms with E-state index >= 15 is 0 Å². The lowest BCUT2D eigenvalue weighted by atomic mass is 10.1. The molecule has 0 aromatic heterocycles. The second-order valence-electron chi connectivity index (χ2n) is 6.88. The van der Waals surface area contributed by atoms with E-state index in [2.05, 4.69) is 30.4 Å². The third-order valence-electron chi connectivity index (χ3n) is 4.78. The molecule has 0 fully saturated rings. The van der Waals surface area contributed by atoms with Crippen molar-refractivity contribution in [1.29, 1.82) is 0 Å². The average molecular weight is 364 g/mol. The second-order valence-corrected chi connectivity index (χ2v) is 6.88. The summed E-state index contributed by atoms with van der Waals surface area (Å²) in [5, 5.41) is 3.42. The van der Waals surface area contributed by atoms with Gasteiger partial charge in [0, 0.05) is 12.5 Å². The first-order valence-electron chi connectivity index (χ1n) is 9.66. The Morgan fingerprint density at radius 2 is 2.07 bits per heavy atom. The Morgan fingerprint density at radius 3 is 2.85 bits per heavy atom. The third kappa shape index (κ3) is 4.51. The van der Waals surface area contributed by atoms with Gasteiger partial charge in [-0.2, -0.15) is 0 Å². The molecular weight excluding hydrogens is 336 g/mol. The SMILES string of the molecule is C/C=C/c1ccc(OCCN2C(=O)CC(C)Nc3ccccc32)c(CC)c1. The molecule has 0 saturated heterocycles. The van der Waals surface area contributed by atoms with E-state index in [0.717, 1.165) is 23.5 Å². The quantitative estimate of drug-likeness (QED) is 0.793. The molecule has 1 N–H and O–H groups in total. The number of hydrogen-bond acceptors (Lipinski definition) is 3. The van der Waals surface area contributed by atoms with Crippen LogP contribution in [0.3, 0.4) is 0 Å². The van der Waals surface area contributed by atoms with E-state index in [0.29, 0.717) is 19.6 Å². The molecular formula is C23H28N2O2. The number of nitrogens with one attached hydrogen (secondary N) is 1. The first kappa shape index (κ1) is 19.0. The minimum absolute atomic E-state index is 0.121. The highest BCUT2D eigenvalue weighted by Gasteiger charge is 2.25. The van der Waals surface area contributed by atoms with Gasteiger partial charge in [-0.1, -0.05) is 37.3 Å². The van der Waals surface area contributed by atoms with Gasteiger partial charge in [0.05, 0.1) is 17.9 Å². The molecule has 1 atom stereocenters. The molecule has 27 heavy (non-hydrogen) atoms. The fourth-order valence-electron chi connectivity index (χ4n) is 3.46. The Bertz CT molecular complexity index is 829. The molecule has 1 unspecified atom stereocenters.